The summed E-state index contributed by atoms with van der Waals surface area (Å²) in [6, 6.07) is 0. The molecule has 0 saturated carbocycles. The molecule has 12 amide bonds. The normalized spacial score (nSPS) is 10.7. The van der Waals surface area contributed by atoms with Gasteiger partial charge in [0.2, 0.25) is 23.6 Å². The third kappa shape index (κ3) is 53.0. The first-order valence-corrected chi connectivity index (χ1v) is 30.7. The van der Waals surface area contributed by atoms with Crippen LogP contribution in [0.15, 0.2) is 0 Å². The standard InChI is InChI=1S/C51H86F8N14O29/c52-93-27-20-86-44(78)60-2-12-70(13-3-61-45(79)87-21-28-94-53)40(74)36-68(37-41(75)71(14-4-62-46(80)88-22-29-95-54)15-5-63-47(81)89-23-30-96-55)10-1-11-69(38-42(76)72(16-6-64-48(82)90-24-31-97-56)17-7-65-49(83)91-25-32-98-57)39-43(77)73(18-8-66-50(84)92-26-33-99-58)19-9-67-51(85)102-101-35-34-100-59/h1-39H2,(H,60,78)(H,61,79)(H,62,80)(H,63,81)(H,64,82)(H,65,83)(H,66,84)(H,67,85). The van der Waals surface area contributed by atoms with Gasteiger partial charge in [-0.2, -0.15) is 44.4 Å². The van der Waals surface area contributed by atoms with E-state index in [1.807, 2.05) is 0 Å². The molecule has 0 radical (unpaired) electrons. The Bertz CT molecular complexity index is 2210. The maximum Gasteiger partial charge on any atom is 0.438 e. The molecule has 0 fully saturated rings. The Morgan fingerprint density at radius 3 is 0.588 bits per heavy atom. The summed E-state index contributed by atoms with van der Waals surface area (Å²) in [4.78, 5) is 200. The molecule has 0 aliphatic rings. The van der Waals surface area contributed by atoms with Crippen LogP contribution in [0.4, 0.5) is 74.6 Å². The average Bonchev–Trinajstić information content (AvgIpc) is 0.891. The zero-order valence-electron chi connectivity index (χ0n) is 55.1. The zero-order valence-corrected chi connectivity index (χ0v) is 55.1. The Hall–Kier alpha value is -8.96. The quantitative estimate of drug-likeness (QED) is 0.0110. The van der Waals surface area contributed by atoms with E-state index < -0.39 is 224 Å². The average molecular weight is 1510 g/mol. The van der Waals surface area contributed by atoms with Crippen LogP contribution in [-0.2, 0) is 102 Å². The van der Waals surface area contributed by atoms with Crippen LogP contribution in [-0.4, -0.2) is 351 Å². The summed E-state index contributed by atoms with van der Waals surface area (Å²) >= 11 is 0. The van der Waals surface area contributed by atoms with Crippen molar-refractivity contribution in [1.29, 1.82) is 0 Å². The van der Waals surface area contributed by atoms with Crippen molar-refractivity contribution >= 4 is 72.4 Å². The number of rotatable bonds is 61. The van der Waals surface area contributed by atoms with Crippen LogP contribution in [0, 0.1) is 0 Å². The van der Waals surface area contributed by atoms with Gasteiger partial charge in [0, 0.05) is 118 Å². The SMILES string of the molecule is O=C(NCCN(CCNC(=O)OCCOF)C(=O)CN(CCCN(CC(=O)N(CCNC(=O)OCCOF)CCNC(=O)OCCOF)CC(=O)N(CCNC(=O)OCCOF)CCNC(=O)OOCCOF)CC(=O)N(CCNC(=O)OCCOF)CCNC(=O)OCCOF)OCCOF. The highest BCUT2D eigenvalue weighted by Crippen LogP contribution is 2.06. The van der Waals surface area contributed by atoms with E-state index >= 15 is 0 Å². The maximum atomic E-state index is 14.6. The van der Waals surface area contributed by atoms with Crippen molar-refractivity contribution in [3.05, 3.63) is 0 Å². The Kier molecular flexibility index (Phi) is 58.5. The highest BCUT2D eigenvalue weighted by atomic mass is 19.3. The monoisotopic (exact) mass is 1510 g/mol. The van der Waals surface area contributed by atoms with Crippen molar-refractivity contribution in [2.24, 2.45) is 0 Å². The molecule has 0 rings (SSSR count). The van der Waals surface area contributed by atoms with Gasteiger partial charge in [-0.15, -0.1) is 0 Å². The third-order valence-electron chi connectivity index (χ3n) is 12.1. The van der Waals surface area contributed by atoms with E-state index in [-0.39, 0.29) is 105 Å². The van der Waals surface area contributed by atoms with Crippen molar-refractivity contribution in [3.63, 3.8) is 0 Å². The Morgan fingerprint density at radius 2 is 0.402 bits per heavy atom. The molecule has 0 heterocycles. The summed E-state index contributed by atoms with van der Waals surface area (Å²) in [5, 5.41) is 18.5. The molecule has 0 aliphatic heterocycles. The van der Waals surface area contributed by atoms with Gasteiger partial charge in [-0.1, -0.05) is 0 Å². The maximum absolute atomic E-state index is 14.6. The van der Waals surface area contributed by atoms with Crippen LogP contribution in [0.5, 0.6) is 0 Å². The number of ether oxygens (including phenoxy) is 7. The van der Waals surface area contributed by atoms with E-state index in [9.17, 15) is 93.7 Å². The van der Waals surface area contributed by atoms with Gasteiger partial charge in [0.05, 0.1) is 26.2 Å². The summed E-state index contributed by atoms with van der Waals surface area (Å²) in [5.41, 5.74) is 0. The molecule has 51 heteroatoms. The van der Waals surface area contributed by atoms with E-state index in [0.29, 0.717) is 0 Å². The summed E-state index contributed by atoms with van der Waals surface area (Å²) in [6.07, 6.45) is -9.12. The van der Waals surface area contributed by atoms with Gasteiger partial charge in [0.25, 0.3) is 0 Å². The van der Waals surface area contributed by atoms with Crippen molar-refractivity contribution in [3.8, 4) is 0 Å². The number of nitrogens with zero attached hydrogens (tertiary/aromatic N) is 6. The molecule has 0 aromatic rings. The van der Waals surface area contributed by atoms with Gasteiger partial charge in [-0.3, -0.25) is 33.9 Å². The molecular weight excluding hydrogens is 1420 g/mol. The van der Waals surface area contributed by atoms with Gasteiger partial charge in [0.15, 0.2) is 0 Å². The number of hydrogen-bond acceptors (Lipinski definition) is 31. The predicted octanol–water partition coefficient (Wildman–Crippen LogP) is -1.76. The molecule has 0 bridgehead atoms. The summed E-state index contributed by atoms with van der Waals surface area (Å²) in [7, 11) is 0. The number of halogens is 8. The highest BCUT2D eigenvalue weighted by Gasteiger charge is 2.27. The minimum atomic E-state index is -1.23. The van der Waals surface area contributed by atoms with E-state index in [0.717, 1.165) is 19.6 Å². The fraction of sp³-hybridized carbons (Fsp3) is 0.765. The van der Waals surface area contributed by atoms with Crippen LogP contribution in [0.3, 0.4) is 0 Å². The summed E-state index contributed by atoms with van der Waals surface area (Å²) < 4.78 is 131. The second kappa shape index (κ2) is 64.2. The Balaban J connectivity index is 7.89. The van der Waals surface area contributed by atoms with Crippen molar-refractivity contribution in [2.45, 2.75) is 6.42 Å². The van der Waals surface area contributed by atoms with Crippen molar-refractivity contribution in [2.75, 3.05) is 250 Å². The summed E-state index contributed by atoms with van der Waals surface area (Å²) in [6.45, 7) is -19.3. The predicted molar refractivity (Wildman–Crippen MR) is 316 cm³/mol. The van der Waals surface area contributed by atoms with Crippen LogP contribution in [0.25, 0.3) is 0 Å². The fourth-order valence-corrected chi connectivity index (χ4v) is 7.61. The molecule has 8 N–H and O–H groups in total. The lowest BCUT2D eigenvalue weighted by Crippen LogP contribution is -2.51. The summed E-state index contributed by atoms with van der Waals surface area (Å²) in [5.74, 6) is -3.40. The number of nitrogens with one attached hydrogen (secondary N) is 8. The topological polar surface area (TPSA) is 477 Å². The second-order valence-electron chi connectivity index (χ2n) is 19.4. The minimum absolute atomic E-state index is 0.234. The van der Waals surface area contributed by atoms with Crippen molar-refractivity contribution in [1.82, 2.24) is 71.9 Å². The Labute approximate surface area is 575 Å². The smallest absolute Gasteiger partial charge is 0.438 e. The van der Waals surface area contributed by atoms with E-state index in [2.05, 4.69) is 91.8 Å². The van der Waals surface area contributed by atoms with Gasteiger partial charge in [0.1, 0.15) is 106 Å². The molecule has 0 spiro atoms. The van der Waals surface area contributed by atoms with Crippen LogP contribution in [0.2, 0.25) is 0 Å². The van der Waals surface area contributed by atoms with Gasteiger partial charge in [-0.25, -0.2) is 38.4 Å². The molecule has 0 aliphatic carbocycles. The van der Waals surface area contributed by atoms with Crippen LogP contribution in [0.1, 0.15) is 6.42 Å². The minimum Gasteiger partial charge on any atom is -0.447 e. The first kappa shape index (κ1) is 93.0. The molecule has 0 atom stereocenters. The first-order chi connectivity index (χ1) is 49.3. The number of hydrogen-bond donors (Lipinski definition) is 8. The van der Waals surface area contributed by atoms with Crippen molar-refractivity contribution < 1.29 is 176 Å². The Morgan fingerprint density at radius 1 is 0.225 bits per heavy atom. The zero-order chi connectivity index (χ0) is 75.6. The largest absolute Gasteiger partial charge is 0.447 e. The molecule has 102 heavy (non-hydrogen) atoms. The number of carbonyl (C=O) groups is 12. The fourth-order valence-electron chi connectivity index (χ4n) is 7.61. The number of amides is 12. The second-order valence-corrected chi connectivity index (χ2v) is 19.4. The van der Waals surface area contributed by atoms with E-state index in [1.165, 1.54) is 9.80 Å². The van der Waals surface area contributed by atoms with Gasteiger partial charge >= 0.3 is 48.7 Å². The molecule has 0 aromatic heterocycles. The van der Waals surface area contributed by atoms with Crippen LogP contribution >= 0.6 is 0 Å². The third-order valence-corrected chi connectivity index (χ3v) is 12.1. The lowest BCUT2D eigenvalue weighted by atomic mass is 10.2. The van der Waals surface area contributed by atoms with E-state index in [4.69, 9.17) is 33.2 Å². The molecular formula is C51H86F8N14O29. The number of carbonyl (C=O) groups excluding carboxylic acids is 12. The van der Waals surface area contributed by atoms with Gasteiger partial charge < -0.3 is 95.3 Å². The molecule has 0 saturated heterocycles. The lowest BCUT2D eigenvalue weighted by molar-refractivity contribution is -0.261. The molecule has 43 nitrogen and oxygen atoms in total. The lowest BCUT2D eigenvalue weighted by Gasteiger charge is -2.32. The van der Waals surface area contributed by atoms with Crippen LogP contribution < -0.4 is 42.5 Å². The highest BCUT2D eigenvalue weighted by molar-refractivity contribution is 5.83. The van der Waals surface area contributed by atoms with Gasteiger partial charge in [-0.05, 0) is 42.6 Å². The first-order valence-electron chi connectivity index (χ1n) is 30.7. The molecule has 0 aromatic carbocycles. The molecule has 590 valence electrons. The molecule has 0 unspecified atom stereocenters. The number of alkyl carbamates (subject to hydrolysis) is 7. The van der Waals surface area contributed by atoms with E-state index in [1.54, 1.807) is 0 Å².